The number of amides is 1. The fourth-order valence-electron chi connectivity index (χ4n) is 1.53. The topological polar surface area (TPSA) is 83.8 Å². The van der Waals surface area contributed by atoms with Crippen molar-refractivity contribution in [3.63, 3.8) is 0 Å². The first kappa shape index (κ1) is 13.7. The van der Waals surface area contributed by atoms with Crippen LogP contribution in [0, 0.1) is 5.92 Å². The zero-order valence-corrected chi connectivity index (χ0v) is 10.6. The number of imidazole rings is 1. The number of hydrogen-bond donors (Lipinski definition) is 3. The van der Waals surface area contributed by atoms with Gasteiger partial charge in [0.05, 0.1) is 6.04 Å². The Morgan fingerprint density at radius 3 is 3.00 bits per heavy atom. The SMILES string of the molecule is CC[C@H](C)[C@H](N)C(=O)NCCCc1ncc[nH]1. The zero-order valence-electron chi connectivity index (χ0n) is 10.6. The lowest BCUT2D eigenvalue weighted by Crippen LogP contribution is -2.44. The highest BCUT2D eigenvalue weighted by Gasteiger charge is 2.18. The van der Waals surface area contributed by atoms with Crippen LogP contribution < -0.4 is 11.1 Å². The van der Waals surface area contributed by atoms with Gasteiger partial charge in [-0.25, -0.2) is 4.98 Å². The molecule has 0 saturated heterocycles. The summed E-state index contributed by atoms with van der Waals surface area (Å²) in [6, 6.07) is -0.399. The summed E-state index contributed by atoms with van der Waals surface area (Å²) in [6.45, 7) is 4.67. The predicted molar refractivity (Wildman–Crippen MR) is 67.3 cm³/mol. The molecule has 0 aliphatic rings. The van der Waals surface area contributed by atoms with E-state index in [2.05, 4.69) is 15.3 Å². The summed E-state index contributed by atoms with van der Waals surface area (Å²) >= 11 is 0. The van der Waals surface area contributed by atoms with Gasteiger partial charge in [-0.1, -0.05) is 20.3 Å². The number of rotatable bonds is 7. The third kappa shape index (κ3) is 4.56. The summed E-state index contributed by atoms with van der Waals surface area (Å²) in [6.07, 6.45) is 6.15. The Bertz CT molecular complexity index is 323. The van der Waals surface area contributed by atoms with Gasteiger partial charge in [-0.3, -0.25) is 4.79 Å². The average Bonchev–Trinajstić information content (AvgIpc) is 2.85. The molecule has 0 aromatic carbocycles. The van der Waals surface area contributed by atoms with Crippen LogP contribution in [0.4, 0.5) is 0 Å². The van der Waals surface area contributed by atoms with E-state index in [9.17, 15) is 4.79 Å². The van der Waals surface area contributed by atoms with Crippen molar-refractivity contribution >= 4 is 5.91 Å². The molecule has 2 atom stereocenters. The lowest BCUT2D eigenvalue weighted by atomic mass is 9.99. The third-order valence-electron chi connectivity index (χ3n) is 3.00. The first-order valence-electron chi connectivity index (χ1n) is 6.16. The molecule has 0 bridgehead atoms. The maximum atomic E-state index is 11.6. The van der Waals surface area contributed by atoms with Crippen molar-refractivity contribution < 1.29 is 4.79 Å². The smallest absolute Gasteiger partial charge is 0.237 e. The maximum Gasteiger partial charge on any atom is 0.237 e. The minimum Gasteiger partial charge on any atom is -0.355 e. The predicted octanol–water partition coefficient (Wildman–Crippen LogP) is 0.832. The standard InChI is InChI=1S/C12H22N4O/c1-3-9(2)11(13)12(17)16-6-4-5-10-14-7-8-15-10/h7-9,11H,3-6,13H2,1-2H3,(H,14,15)(H,16,17)/t9-,11-/m0/s1. The highest BCUT2D eigenvalue weighted by molar-refractivity contribution is 5.81. The van der Waals surface area contributed by atoms with Crippen LogP contribution >= 0.6 is 0 Å². The van der Waals surface area contributed by atoms with Crippen LogP contribution in [0.25, 0.3) is 0 Å². The lowest BCUT2D eigenvalue weighted by molar-refractivity contribution is -0.123. The van der Waals surface area contributed by atoms with Crippen molar-refractivity contribution in [3.05, 3.63) is 18.2 Å². The van der Waals surface area contributed by atoms with Crippen LogP contribution in [-0.4, -0.2) is 28.5 Å². The molecule has 0 spiro atoms. The van der Waals surface area contributed by atoms with E-state index in [0.717, 1.165) is 25.1 Å². The fraction of sp³-hybridized carbons (Fsp3) is 0.667. The maximum absolute atomic E-state index is 11.6. The Labute approximate surface area is 102 Å². The van der Waals surface area contributed by atoms with Crippen LogP contribution in [0.5, 0.6) is 0 Å². The molecule has 96 valence electrons. The molecule has 4 N–H and O–H groups in total. The van der Waals surface area contributed by atoms with Crippen molar-refractivity contribution in [2.45, 2.75) is 39.2 Å². The molecule has 0 aliphatic carbocycles. The second-order valence-electron chi connectivity index (χ2n) is 4.34. The van der Waals surface area contributed by atoms with Crippen LogP contribution in [0.1, 0.15) is 32.5 Å². The van der Waals surface area contributed by atoms with E-state index < -0.39 is 6.04 Å². The van der Waals surface area contributed by atoms with Gasteiger partial charge in [0, 0.05) is 25.4 Å². The van der Waals surface area contributed by atoms with Crippen LogP contribution in [0.15, 0.2) is 12.4 Å². The van der Waals surface area contributed by atoms with E-state index in [4.69, 9.17) is 5.73 Å². The van der Waals surface area contributed by atoms with Crippen molar-refractivity contribution in [2.24, 2.45) is 11.7 Å². The lowest BCUT2D eigenvalue weighted by Gasteiger charge is -2.17. The first-order valence-corrected chi connectivity index (χ1v) is 6.16. The molecule has 0 saturated carbocycles. The third-order valence-corrected chi connectivity index (χ3v) is 3.00. The van der Waals surface area contributed by atoms with Gasteiger partial charge in [0.15, 0.2) is 0 Å². The van der Waals surface area contributed by atoms with E-state index in [1.54, 1.807) is 12.4 Å². The number of nitrogens with one attached hydrogen (secondary N) is 2. The molecule has 0 unspecified atom stereocenters. The van der Waals surface area contributed by atoms with Gasteiger partial charge < -0.3 is 16.0 Å². The fourth-order valence-corrected chi connectivity index (χ4v) is 1.53. The van der Waals surface area contributed by atoms with E-state index in [0.29, 0.717) is 6.54 Å². The minimum atomic E-state index is -0.399. The molecule has 0 radical (unpaired) electrons. The molecule has 1 aromatic rings. The molecular formula is C12H22N4O. The Kier molecular flexibility index (Phi) is 5.69. The van der Waals surface area contributed by atoms with Crippen molar-refractivity contribution in [1.29, 1.82) is 0 Å². The molecule has 1 aromatic heterocycles. The number of aromatic amines is 1. The Morgan fingerprint density at radius 1 is 1.65 bits per heavy atom. The molecule has 1 rings (SSSR count). The summed E-state index contributed by atoms with van der Waals surface area (Å²) in [5.41, 5.74) is 5.82. The summed E-state index contributed by atoms with van der Waals surface area (Å²) < 4.78 is 0. The molecule has 0 aliphatic heterocycles. The number of aromatic nitrogens is 2. The number of carbonyl (C=O) groups excluding carboxylic acids is 1. The number of carbonyl (C=O) groups is 1. The number of nitrogens with zero attached hydrogens (tertiary/aromatic N) is 1. The molecule has 17 heavy (non-hydrogen) atoms. The highest BCUT2D eigenvalue weighted by atomic mass is 16.2. The van der Waals surface area contributed by atoms with Gasteiger partial charge in [-0.05, 0) is 12.3 Å². The number of nitrogens with two attached hydrogens (primary N) is 1. The van der Waals surface area contributed by atoms with Crippen molar-refractivity contribution in [1.82, 2.24) is 15.3 Å². The van der Waals surface area contributed by atoms with Gasteiger partial charge >= 0.3 is 0 Å². The molecule has 1 heterocycles. The zero-order chi connectivity index (χ0) is 12.7. The normalized spacial score (nSPS) is 14.3. The van der Waals surface area contributed by atoms with E-state index >= 15 is 0 Å². The first-order chi connectivity index (χ1) is 8.15. The van der Waals surface area contributed by atoms with Crippen LogP contribution in [-0.2, 0) is 11.2 Å². The molecule has 0 fully saturated rings. The quantitative estimate of drug-likeness (QED) is 0.615. The van der Waals surface area contributed by atoms with Gasteiger partial charge in [-0.15, -0.1) is 0 Å². The second kappa shape index (κ2) is 7.06. The van der Waals surface area contributed by atoms with E-state index in [1.165, 1.54) is 0 Å². The van der Waals surface area contributed by atoms with E-state index in [1.807, 2.05) is 13.8 Å². The number of H-pyrrole nitrogens is 1. The number of hydrogen-bond acceptors (Lipinski definition) is 3. The largest absolute Gasteiger partial charge is 0.355 e. The summed E-state index contributed by atoms with van der Waals surface area (Å²) in [5.74, 6) is 1.12. The monoisotopic (exact) mass is 238 g/mol. The molecule has 5 nitrogen and oxygen atoms in total. The summed E-state index contributed by atoms with van der Waals surface area (Å²) in [4.78, 5) is 18.8. The summed E-state index contributed by atoms with van der Waals surface area (Å²) in [5, 5.41) is 2.85. The Morgan fingerprint density at radius 2 is 2.41 bits per heavy atom. The average molecular weight is 238 g/mol. The highest BCUT2D eigenvalue weighted by Crippen LogP contribution is 2.05. The van der Waals surface area contributed by atoms with Crippen molar-refractivity contribution in [3.8, 4) is 0 Å². The van der Waals surface area contributed by atoms with E-state index in [-0.39, 0.29) is 11.8 Å². The summed E-state index contributed by atoms with van der Waals surface area (Å²) in [7, 11) is 0. The number of aryl methyl sites for hydroxylation is 1. The second-order valence-corrected chi connectivity index (χ2v) is 4.34. The van der Waals surface area contributed by atoms with Crippen molar-refractivity contribution in [2.75, 3.05) is 6.54 Å². The molecular weight excluding hydrogens is 216 g/mol. The van der Waals surface area contributed by atoms with Gasteiger partial charge in [0.25, 0.3) is 0 Å². The van der Waals surface area contributed by atoms with Crippen LogP contribution in [0.3, 0.4) is 0 Å². The van der Waals surface area contributed by atoms with Gasteiger partial charge in [0.2, 0.25) is 5.91 Å². The van der Waals surface area contributed by atoms with Crippen LogP contribution in [0.2, 0.25) is 0 Å². The Hall–Kier alpha value is -1.36. The molecule has 5 heteroatoms. The minimum absolute atomic E-state index is 0.0567. The molecule has 1 amide bonds. The Balaban J connectivity index is 2.16. The van der Waals surface area contributed by atoms with Gasteiger partial charge in [-0.2, -0.15) is 0 Å². The van der Waals surface area contributed by atoms with Gasteiger partial charge in [0.1, 0.15) is 5.82 Å².